The molecule has 20 heavy (non-hydrogen) atoms. The molecule has 1 atom stereocenters. The molecule has 6 nitrogen and oxygen atoms in total. The van der Waals surface area contributed by atoms with Crippen molar-refractivity contribution < 1.29 is 14.7 Å². The number of piperidine rings is 1. The summed E-state index contributed by atoms with van der Waals surface area (Å²) in [6, 6.07) is 0.845. The van der Waals surface area contributed by atoms with Gasteiger partial charge in [0.05, 0.1) is 0 Å². The molecule has 1 aliphatic carbocycles. The lowest BCUT2D eigenvalue weighted by molar-refractivity contribution is -0.143. The number of aliphatic carboxylic acids is 1. The normalized spacial score (nSPS) is 22.6. The molecule has 1 aromatic heterocycles. The van der Waals surface area contributed by atoms with Gasteiger partial charge in [0.2, 0.25) is 0 Å². The van der Waals surface area contributed by atoms with Gasteiger partial charge in [-0.15, -0.1) is 0 Å². The number of likely N-dealkylation sites (tertiary alicyclic amines) is 1. The van der Waals surface area contributed by atoms with Gasteiger partial charge in [0.15, 0.2) is 0 Å². The number of carboxylic acid groups (broad SMARTS) is 1. The molecular formula is C14H17N3O3. The molecule has 0 spiro atoms. The average Bonchev–Trinajstić information content (AvgIpc) is 3.31. The number of rotatable bonds is 3. The molecule has 1 amide bonds. The molecule has 0 bridgehead atoms. The molecule has 1 aromatic rings. The fourth-order valence-electron chi connectivity index (χ4n) is 2.61. The van der Waals surface area contributed by atoms with Crippen molar-refractivity contribution in [2.24, 2.45) is 0 Å². The van der Waals surface area contributed by atoms with Crippen LogP contribution in [0, 0.1) is 0 Å². The van der Waals surface area contributed by atoms with Gasteiger partial charge in [0, 0.05) is 18.7 Å². The van der Waals surface area contributed by atoms with Gasteiger partial charge >= 0.3 is 5.97 Å². The smallest absolute Gasteiger partial charge is 0.326 e. The van der Waals surface area contributed by atoms with Crippen LogP contribution in [0.3, 0.4) is 0 Å². The van der Waals surface area contributed by atoms with E-state index in [2.05, 4.69) is 9.97 Å². The van der Waals surface area contributed by atoms with Crippen molar-refractivity contribution in [1.29, 1.82) is 0 Å². The summed E-state index contributed by atoms with van der Waals surface area (Å²) in [7, 11) is 0. The number of aromatic nitrogens is 2. The summed E-state index contributed by atoms with van der Waals surface area (Å²) in [5.74, 6) is -0.143. The second kappa shape index (κ2) is 5.19. The van der Waals surface area contributed by atoms with E-state index in [1.165, 1.54) is 4.90 Å². The first-order chi connectivity index (χ1) is 9.66. The van der Waals surface area contributed by atoms with E-state index in [4.69, 9.17) is 0 Å². The van der Waals surface area contributed by atoms with Gasteiger partial charge in [-0.3, -0.25) is 4.79 Å². The topological polar surface area (TPSA) is 83.4 Å². The third-order valence-electron chi connectivity index (χ3n) is 3.88. The predicted molar refractivity (Wildman–Crippen MR) is 70.3 cm³/mol. The molecule has 106 valence electrons. The molecule has 1 saturated heterocycles. The fourth-order valence-corrected chi connectivity index (χ4v) is 2.61. The molecule has 1 aliphatic heterocycles. The highest BCUT2D eigenvalue weighted by atomic mass is 16.4. The van der Waals surface area contributed by atoms with Crippen molar-refractivity contribution in [3.8, 4) is 0 Å². The van der Waals surface area contributed by atoms with Gasteiger partial charge in [0.25, 0.3) is 5.91 Å². The number of carbonyl (C=O) groups is 2. The van der Waals surface area contributed by atoms with E-state index in [9.17, 15) is 14.7 Å². The van der Waals surface area contributed by atoms with Gasteiger partial charge in [-0.1, -0.05) is 0 Å². The molecular weight excluding hydrogens is 258 g/mol. The Bertz CT molecular complexity index is 542. The fraction of sp³-hybridized carbons (Fsp3) is 0.571. The lowest BCUT2D eigenvalue weighted by Gasteiger charge is -2.32. The Kier molecular flexibility index (Phi) is 3.38. The standard InChI is InChI=1S/C14H17N3O3/c18-13(17-8-2-1-3-11(17)14(19)20)10-6-7-15-12(16-10)9-4-5-9/h6-7,9,11H,1-5,8H2,(H,19,20)/t11-/m0/s1. The van der Waals surface area contributed by atoms with E-state index < -0.39 is 12.0 Å². The second-order valence-electron chi connectivity index (χ2n) is 5.42. The zero-order valence-electron chi connectivity index (χ0n) is 11.2. The molecule has 1 saturated carbocycles. The van der Waals surface area contributed by atoms with Crippen molar-refractivity contribution >= 4 is 11.9 Å². The zero-order chi connectivity index (χ0) is 14.1. The van der Waals surface area contributed by atoms with Crippen LogP contribution in [0.15, 0.2) is 12.3 Å². The first-order valence-electron chi connectivity index (χ1n) is 7.03. The van der Waals surface area contributed by atoms with Gasteiger partial charge in [-0.2, -0.15) is 0 Å². The number of nitrogens with zero attached hydrogens (tertiary/aromatic N) is 3. The maximum atomic E-state index is 12.5. The summed E-state index contributed by atoms with van der Waals surface area (Å²) in [6.45, 7) is 0.485. The van der Waals surface area contributed by atoms with Crippen LogP contribution < -0.4 is 0 Å². The van der Waals surface area contributed by atoms with E-state index in [1.807, 2.05) is 0 Å². The minimum atomic E-state index is -0.936. The van der Waals surface area contributed by atoms with Gasteiger partial charge in [0.1, 0.15) is 17.6 Å². The van der Waals surface area contributed by atoms with Crippen molar-refractivity contribution in [1.82, 2.24) is 14.9 Å². The Hall–Kier alpha value is -1.98. The number of carbonyl (C=O) groups excluding carboxylic acids is 1. The summed E-state index contributed by atoms with van der Waals surface area (Å²) >= 11 is 0. The zero-order valence-corrected chi connectivity index (χ0v) is 11.2. The highest BCUT2D eigenvalue weighted by Gasteiger charge is 2.34. The molecule has 2 aliphatic rings. The van der Waals surface area contributed by atoms with E-state index in [0.717, 1.165) is 25.7 Å². The highest BCUT2D eigenvalue weighted by Crippen LogP contribution is 2.37. The van der Waals surface area contributed by atoms with Crippen LogP contribution in [0.25, 0.3) is 0 Å². The van der Waals surface area contributed by atoms with Crippen LogP contribution in [0.4, 0.5) is 0 Å². The summed E-state index contributed by atoms with van der Waals surface area (Å²) in [6.07, 6.45) is 5.93. The van der Waals surface area contributed by atoms with Crippen molar-refractivity contribution in [2.45, 2.75) is 44.1 Å². The molecule has 2 heterocycles. The second-order valence-corrected chi connectivity index (χ2v) is 5.42. The van der Waals surface area contributed by atoms with Gasteiger partial charge in [-0.25, -0.2) is 14.8 Å². The van der Waals surface area contributed by atoms with E-state index in [-0.39, 0.29) is 5.91 Å². The monoisotopic (exact) mass is 275 g/mol. The predicted octanol–water partition coefficient (Wildman–Crippen LogP) is 1.43. The van der Waals surface area contributed by atoms with Crippen LogP contribution in [0.5, 0.6) is 0 Å². The molecule has 2 fully saturated rings. The van der Waals surface area contributed by atoms with Crippen LogP contribution >= 0.6 is 0 Å². The third kappa shape index (κ3) is 2.50. The Morgan fingerprint density at radius 1 is 1.25 bits per heavy atom. The third-order valence-corrected chi connectivity index (χ3v) is 3.88. The Morgan fingerprint density at radius 2 is 2.05 bits per heavy atom. The Balaban J connectivity index is 1.83. The number of amides is 1. The summed E-state index contributed by atoms with van der Waals surface area (Å²) < 4.78 is 0. The summed E-state index contributed by atoms with van der Waals surface area (Å²) in [4.78, 5) is 33.7. The van der Waals surface area contributed by atoms with Crippen LogP contribution in [0.2, 0.25) is 0 Å². The summed E-state index contributed by atoms with van der Waals surface area (Å²) in [5.41, 5.74) is 0.315. The molecule has 0 aromatic carbocycles. The lowest BCUT2D eigenvalue weighted by Crippen LogP contribution is -2.48. The van der Waals surface area contributed by atoms with Crippen molar-refractivity contribution in [2.75, 3.05) is 6.54 Å². The van der Waals surface area contributed by atoms with Crippen LogP contribution in [-0.2, 0) is 4.79 Å². The van der Waals surface area contributed by atoms with Crippen LogP contribution in [0.1, 0.15) is 54.3 Å². The Morgan fingerprint density at radius 3 is 2.75 bits per heavy atom. The summed E-state index contributed by atoms with van der Waals surface area (Å²) in [5, 5.41) is 9.23. The largest absolute Gasteiger partial charge is 0.480 e. The quantitative estimate of drug-likeness (QED) is 0.902. The van der Waals surface area contributed by atoms with E-state index in [0.29, 0.717) is 30.4 Å². The van der Waals surface area contributed by atoms with Crippen LogP contribution in [-0.4, -0.2) is 44.4 Å². The maximum absolute atomic E-state index is 12.5. The van der Waals surface area contributed by atoms with E-state index >= 15 is 0 Å². The maximum Gasteiger partial charge on any atom is 0.326 e. The molecule has 3 rings (SSSR count). The average molecular weight is 275 g/mol. The molecule has 6 heteroatoms. The number of hydrogen-bond acceptors (Lipinski definition) is 4. The van der Waals surface area contributed by atoms with Gasteiger partial charge < -0.3 is 10.0 Å². The SMILES string of the molecule is O=C(O)[C@@H]1CCCCN1C(=O)c1ccnc(C2CC2)n1. The first kappa shape index (κ1) is 13.0. The first-order valence-corrected chi connectivity index (χ1v) is 7.03. The molecule has 0 radical (unpaired) electrons. The van der Waals surface area contributed by atoms with Gasteiger partial charge in [-0.05, 0) is 38.2 Å². The highest BCUT2D eigenvalue weighted by molar-refractivity contribution is 5.95. The van der Waals surface area contributed by atoms with Crippen molar-refractivity contribution in [3.05, 3.63) is 23.8 Å². The number of hydrogen-bond donors (Lipinski definition) is 1. The Labute approximate surface area is 116 Å². The molecule has 1 N–H and O–H groups in total. The molecule has 0 unspecified atom stereocenters. The van der Waals surface area contributed by atoms with E-state index in [1.54, 1.807) is 12.3 Å². The number of carboxylic acids is 1. The lowest BCUT2D eigenvalue weighted by atomic mass is 10.0. The minimum absolute atomic E-state index is 0.290. The van der Waals surface area contributed by atoms with Crippen molar-refractivity contribution in [3.63, 3.8) is 0 Å². The minimum Gasteiger partial charge on any atom is -0.480 e.